The van der Waals surface area contributed by atoms with Crippen LogP contribution < -0.4 is 6.15 Å². The Morgan fingerprint density at radius 1 is 0.393 bits per heavy atom. The lowest BCUT2D eigenvalue weighted by atomic mass is 10.1. The SMILES string of the molecule is CCCCCCCC[P+](C)(CCCCCCCC)CCCCCCCC.N.O. The maximum absolute atomic E-state index is 2.73. The van der Waals surface area contributed by atoms with Gasteiger partial charge in [-0.15, -0.1) is 0 Å². The van der Waals surface area contributed by atoms with E-state index in [2.05, 4.69) is 27.4 Å². The zero-order chi connectivity index (χ0) is 19.3. The molecule has 5 N–H and O–H groups in total. The lowest BCUT2D eigenvalue weighted by Crippen LogP contribution is -2.08. The quantitative estimate of drug-likeness (QED) is 0.146. The zero-order valence-electron chi connectivity index (χ0n) is 20.5. The molecule has 0 atom stereocenters. The second-order valence-electron chi connectivity index (χ2n) is 9.09. The Hall–Kier alpha value is 0.350. The minimum Gasteiger partial charge on any atom is -0.412 e. The maximum atomic E-state index is 2.73. The first-order valence-electron chi connectivity index (χ1n) is 12.5. The van der Waals surface area contributed by atoms with Gasteiger partial charge >= 0.3 is 0 Å². The monoisotopic (exact) mass is 420 g/mol. The van der Waals surface area contributed by atoms with Crippen molar-refractivity contribution in [3.63, 3.8) is 0 Å². The van der Waals surface area contributed by atoms with E-state index in [-0.39, 0.29) is 11.6 Å². The van der Waals surface area contributed by atoms with Crippen LogP contribution in [0.5, 0.6) is 0 Å². The fourth-order valence-corrected chi connectivity index (χ4v) is 7.79. The molecule has 0 radical (unpaired) electrons. The van der Waals surface area contributed by atoms with E-state index in [9.17, 15) is 0 Å². The van der Waals surface area contributed by atoms with Crippen LogP contribution in [0.2, 0.25) is 0 Å². The molecule has 0 aromatic carbocycles. The van der Waals surface area contributed by atoms with E-state index in [1.165, 1.54) is 116 Å². The molecule has 0 rings (SSSR count). The van der Waals surface area contributed by atoms with Gasteiger partial charge in [0.15, 0.2) is 0 Å². The molecule has 0 aliphatic carbocycles. The number of rotatable bonds is 21. The molecule has 28 heavy (non-hydrogen) atoms. The van der Waals surface area contributed by atoms with E-state index < -0.39 is 7.26 Å². The van der Waals surface area contributed by atoms with Crippen molar-refractivity contribution >= 4 is 7.26 Å². The van der Waals surface area contributed by atoms with E-state index in [1.807, 2.05) is 0 Å². The molecule has 0 bridgehead atoms. The number of hydrogen-bond acceptors (Lipinski definition) is 1. The predicted molar refractivity (Wildman–Crippen MR) is 136 cm³/mol. The summed E-state index contributed by atoms with van der Waals surface area (Å²) in [5.74, 6) is 0. The Morgan fingerprint density at radius 3 is 0.857 bits per heavy atom. The summed E-state index contributed by atoms with van der Waals surface area (Å²) in [5.41, 5.74) is 0. The zero-order valence-corrected chi connectivity index (χ0v) is 21.4. The molecule has 0 fully saturated rings. The van der Waals surface area contributed by atoms with Gasteiger partial charge in [0.05, 0.1) is 18.5 Å². The maximum Gasteiger partial charge on any atom is 0.0591 e. The van der Waals surface area contributed by atoms with Gasteiger partial charge in [0.2, 0.25) is 0 Å². The predicted octanol–water partition coefficient (Wildman–Crippen LogP) is 9.05. The van der Waals surface area contributed by atoms with Gasteiger partial charge in [-0.1, -0.05) is 97.8 Å². The Kier molecular flexibility index (Phi) is 29.9. The second kappa shape index (κ2) is 25.4. The largest absolute Gasteiger partial charge is 0.412 e. The second-order valence-corrected chi connectivity index (χ2v) is 13.7. The first-order chi connectivity index (χ1) is 12.7. The number of hydrogen-bond donors (Lipinski definition) is 1. The molecule has 0 aliphatic rings. The molecule has 0 saturated heterocycles. The van der Waals surface area contributed by atoms with Crippen LogP contribution in [0.25, 0.3) is 0 Å². The third kappa shape index (κ3) is 22.6. The fraction of sp³-hybridized carbons (Fsp3) is 1.00. The molecule has 0 saturated carbocycles. The van der Waals surface area contributed by atoms with E-state index in [1.54, 1.807) is 18.5 Å². The van der Waals surface area contributed by atoms with Crippen LogP contribution in [0.3, 0.4) is 0 Å². The Morgan fingerprint density at radius 2 is 0.607 bits per heavy atom. The topological polar surface area (TPSA) is 66.5 Å². The minimum atomic E-state index is -0.636. The molecule has 3 heteroatoms. The Balaban J connectivity index is -0.00000312. The van der Waals surface area contributed by atoms with Crippen LogP contribution in [0.1, 0.15) is 136 Å². The van der Waals surface area contributed by atoms with Gasteiger partial charge in [-0.05, 0) is 38.5 Å². The summed E-state index contributed by atoms with van der Waals surface area (Å²) in [5, 5.41) is 0. The molecular formula is C25H59NOP+. The van der Waals surface area contributed by atoms with E-state index >= 15 is 0 Å². The highest BCUT2D eigenvalue weighted by Gasteiger charge is 2.29. The third-order valence-corrected chi connectivity index (χ3v) is 10.3. The molecule has 2 nitrogen and oxygen atoms in total. The summed E-state index contributed by atoms with van der Waals surface area (Å²) in [6.45, 7) is 9.70. The van der Waals surface area contributed by atoms with Crippen molar-refractivity contribution in [1.29, 1.82) is 0 Å². The summed E-state index contributed by atoms with van der Waals surface area (Å²) in [6.07, 6.45) is 31.2. The highest BCUT2D eigenvalue weighted by molar-refractivity contribution is 7.75. The fourth-order valence-electron chi connectivity index (χ4n) is 4.16. The summed E-state index contributed by atoms with van der Waals surface area (Å²) in [7, 11) is -0.636. The third-order valence-electron chi connectivity index (χ3n) is 6.15. The highest BCUT2D eigenvalue weighted by atomic mass is 31.2. The van der Waals surface area contributed by atoms with E-state index in [0.29, 0.717) is 0 Å². The molecule has 0 aliphatic heterocycles. The van der Waals surface area contributed by atoms with Crippen molar-refractivity contribution in [2.24, 2.45) is 0 Å². The smallest absolute Gasteiger partial charge is 0.0591 e. The Labute approximate surface area is 180 Å². The first-order valence-corrected chi connectivity index (χ1v) is 15.3. The van der Waals surface area contributed by atoms with Gasteiger partial charge in [0.1, 0.15) is 0 Å². The standard InChI is InChI=1S/C25H54P.H3N.H2O/c1-5-8-11-14-17-20-23-26(4,24-21-18-15-12-9-6-2)25-22-19-16-13-10-7-3;;/h5-25H2,1-4H3;1H3;1H2/q+1;;. The van der Waals surface area contributed by atoms with Gasteiger partial charge in [0, 0.05) is 13.9 Å². The average Bonchev–Trinajstić information content (AvgIpc) is 2.64. The molecule has 0 spiro atoms. The summed E-state index contributed by atoms with van der Waals surface area (Å²) in [4.78, 5) is 0. The van der Waals surface area contributed by atoms with Crippen molar-refractivity contribution in [2.45, 2.75) is 136 Å². The van der Waals surface area contributed by atoms with Gasteiger partial charge in [0.25, 0.3) is 0 Å². The van der Waals surface area contributed by atoms with Gasteiger partial charge in [-0.2, -0.15) is 0 Å². The summed E-state index contributed by atoms with van der Waals surface area (Å²) >= 11 is 0. The number of unbranched alkanes of at least 4 members (excludes halogenated alkanes) is 15. The molecule has 0 unspecified atom stereocenters. The van der Waals surface area contributed by atoms with Gasteiger partial charge < -0.3 is 11.6 Å². The van der Waals surface area contributed by atoms with Crippen molar-refractivity contribution < 1.29 is 5.48 Å². The molecule has 0 aromatic heterocycles. The minimum absolute atomic E-state index is 0. The van der Waals surface area contributed by atoms with Crippen LogP contribution in [0.15, 0.2) is 0 Å². The molecule has 174 valence electrons. The average molecular weight is 421 g/mol. The van der Waals surface area contributed by atoms with E-state index in [0.717, 1.165) is 0 Å². The molecular weight excluding hydrogens is 361 g/mol. The van der Waals surface area contributed by atoms with Gasteiger partial charge in [-0.25, -0.2) is 0 Å². The van der Waals surface area contributed by atoms with E-state index in [4.69, 9.17) is 0 Å². The molecule has 0 heterocycles. The van der Waals surface area contributed by atoms with Crippen molar-refractivity contribution in [1.82, 2.24) is 6.15 Å². The Bertz CT molecular complexity index is 232. The summed E-state index contributed by atoms with van der Waals surface area (Å²) < 4.78 is 0. The first kappa shape index (κ1) is 33.0. The van der Waals surface area contributed by atoms with Crippen molar-refractivity contribution in [3.05, 3.63) is 0 Å². The lowest BCUT2D eigenvalue weighted by molar-refractivity contribution is 0.616. The molecule has 0 aromatic rings. The van der Waals surface area contributed by atoms with Crippen molar-refractivity contribution in [3.8, 4) is 0 Å². The van der Waals surface area contributed by atoms with Crippen LogP contribution in [-0.2, 0) is 0 Å². The van der Waals surface area contributed by atoms with Crippen molar-refractivity contribution in [2.75, 3.05) is 25.2 Å². The van der Waals surface area contributed by atoms with Crippen LogP contribution in [-0.4, -0.2) is 30.6 Å². The van der Waals surface area contributed by atoms with Crippen LogP contribution in [0.4, 0.5) is 0 Å². The highest BCUT2D eigenvalue weighted by Crippen LogP contribution is 2.57. The van der Waals surface area contributed by atoms with Crippen LogP contribution in [0, 0.1) is 0 Å². The lowest BCUT2D eigenvalue weighted by Gasteiger charge is -2.24. The normalized spacial score (nSPS) is 11.1. The van der Waals surface area contributed by atoms with Gasteiger partial charge in [-0.3, -0.25) is 0 Å². The molecule has 0 amide bonds. The van der Waals surface area contributed by atoms with Crippen LogP contribution >= 0.6 is 7.26 Å². The summed E-state index contributed by atoms with van der Waals surface area (Å²) in [6, 6.07) is 0.